The summed E-state index contributed by atoms with van der Waals surface area (Å²) in [6, 6.07) is 4.16. The number of amides is 1. The average molecular weight is 304 g/mol. The van der Waals surface area contributed by atoms with E-state index in [1.807, 2.05) is 31.1 Å². The molecule has 1 amide bonds. The quantitative estimate of drug-likeness (QED) is 0.756. The van der Waals surface area contributed by atoms with Crippen LogP contribution < -0.4 is 0 Å². The number of hydrogen-bond donors (Lipinski definition) is 0. The summed E-state index contributed by atoms with van der Waals surface area (Å²) in [5.41, 5.74) is 1.34. The van der Waals surface area contributed by atoms with Crippen LogP contribution in [0.15, 0.2) is 24.5 Å². The van der Waals surface area contributed by atoms with E-state index in [4.69, 9.17) is 0 Å². The summed E-state index contributed by atoms with van der Waals surface area (Å²) in [5, 5.41) is 0. The molecule has 0 aliphatic carbocycles. The third-order valence-electron chi connectivity index (χ3n) is 4.41. The monoisotopic (exact) mass is 304 g/mol. The first-order valence-electron chi connectivity index (χ1n) is 8.34. The van der Waals surface area contributed by atoms with Gasteiger partial charge in [-0.1, -0.05) is 0 Å². The van der Waals surface area contributed by atoms with Crippen LogP contribution in [0.3, 0.4) is 0 Å². The Balaban J connectivity index is 1.68. The second-order valence-electron chi connectivity index (χ2n) is 5.79. The Kier molecular flexibility index (Phi) is 6.80. The fraction of sp³-hybridized carbons (Fsp3) is 0.647. The number of piperazine rings is 1. The van der Waals surface area contributed by atoms with Crippen LogP contribution in [0.4, 0.5) is 0 Å². The van der Waals surface area contributed by atoms with Crippen molar-refractivity contribution >= 4 is 5.91 Å². The van der Waals surface area contributed by atoms with Crippen molar-refractivity contribution in [3.05, 3.63) is 30.1 Å². The topological polar surface area (TPSA) is 39.7 Å². The maximum atomic E-state index is 12.1. The lowest BCUT2D eigenvalue weighted by atomic mass is 10.2. The normalized spacial score (nSPS) is 16.6. The lowest BCUT2D eigenvalue weighted by Gasteiger charge is -2.35. The molecule has 0 N–H and O–H groups in total. The molecule has 122 valence electrons. The van der Waals surface area contributed by atoms with Crippen molar-refractivity contribution in [3.8, 4) is 0 Å². The Bertz CT molecular complexity index is 439. The molecule has 0 bridgehead atoms. The van der Waals surface area contributed by atoms with Crippen LogP contribution in [0.2, 0.25) is 0 Å². The van der Waals surface area contributed by atoms with E-state index in [-0.39, 0.29) is 5.91 Å². The average Bonchev–Trinajstić information content (AvgIpc) is 2.56. The molecule has 0 radical (unpaired) electrons. The molecule has 0 aromatic carbocycles. The van der Waals surface area contributed by atoms with Gasteiger partial charge in [0.25, 0.3) is 0 Å². The van der Waals surface area contributed by atoms with Gasteiger partial charge in [0.05, 0.1) is 6.54 Å². The highest BCUT2D eigenvalue weighted by molar-refractivity contribution is 5.78. The number of aromatic nitrogens is 1. The minimum absolute atomic E-state index is 0.259. The molecule has 0 spiro atoms. The molecule has 1 aliphatic rings. The van der Waals surface area contributed by atoms with Crippen LogP contribution in [0.5, 0.6) is 0 Å². The van der Waals surface area contributed by atoms with Gasteiger partial charge in [0, 0.05) is 58.2 Å². The highest BCUT2D eigenvalue weighted by atomic mass is 16.2. The molecule has 1 fully saturated rings. The van der Waals surface area contributed by atoms with Crippen LogP contribution in [-0.2, 0) is 11.2 Å². The Morgan fingerprint density at radius 3 is 2.27 bits per heavy atom. The van der Waals surface area contributed by atoms with Crippen molar-refractivity contribution in [2.45, 2.75) is 20.3 Å². The van der Waals surface area contributed by atoms with Gasteiger partial charge < -0.3 is 9.80 Å². The van der Waals surface area contributed by atoms with Gasteiger partial charge >= 0.3 is 0 Å². The SMILES string of the molecule is CCN(CC)C(=O)CN1CCN(CCc2ccncc2)CC1. The van der Waals surface area contributed by atoms with E-state index in [2.05, 4.69) is 26.9 Å². The standard InChI is InChI=1S/C17H28N4O/c1-3-21(4-2)17(22)15-20-13-11-19(12-14-20)10-7-16-5-8-18-9-6-16/h5-6,8-9H,3-4,7,10-15H2,1-2H3. The smallest absolute Gasteiger partial charge is 0.236 e. The van der Waals surface area contributed by atoms with Gasteiger partial charge in [-0.25, -0.2) is 0 Å². The van der Waals surface area contributed by atoms with Gasteiger partial charge in [0.2, 0.25) is 5.91 Å². The van der Waals surface area contributed by atoms with Gasteiger partial charge in [0.1, 0.15) is 0 Å². The van der Waals surface area contributed by atoms with Gasteiger partial charge in [-0.2, -0.15) is 0 Å². The maximum absolute atomic E-state index is 12.1. The largest absolute Gasteiger partial charge is 0.342 e. The molecule has 22 heavy (non-hydrogen) atoms. The van der Waals surface area contributed by atoms with E-state index in [0.29, 0.717) is 6.54 Å². The van der Waals surface area contributed by atoms with Crippen LogP contribution >= 0.6 is 0 Å². The molecule has 0 atom stereocenters. The third kappa shape index (κ3) is 5.07. The summed E-state index contributed by atoms with van der Waals surface area (Å²) in [4.78, 5) is 22.9. The second kappa shape index (κ2) is 8.86. The zero-order valence-corrected chi connectivity index (χ0v) is 13.9. The van der Waals surface area contributed by atoms with Crippen molar-refractivity contribution in [1.29, 1.82) is 0 Å². The van der Waals surface area contributed by atoms with Crippen molar-refractivity contribution in [1.82, 2.24) is 19.7 Å². The fourth-order valence-electron chi connectivity index (χ4n) is 2.88. The van der Waals surface area contributed by atoms with Crippen LogP contribution in [0, 0.1) is 0 Å². The van der Waals surface area contributed by atoms with Gasteiger partial charge in [-0.3, -0.25) is 14.7 Å². The number of rotatable bonds is 7. The predicted octanol–water partition coefficient (Wildman–Crippen LogP) is 1.11. The first kappa shape index (κ1) is 16.9. The molecule has 1 aromatic heterocycles. The predicted molar refractivity (Wildman–Crippen MR) is 88.7 cm³/mol. The molecule has 5 nitrogen and oxygen atoms in total. The third-order valence-corrected chi connectivity index (χ3v) is 4.41. The zero-order chi connectivity index (χ0) is 15.8. The highest BCUT2D eigenvalue weighted by Crippen LogP contribution is 2.05. The van der Waals surface area contributed by atoms with E-state index in [1.54, 1.807) is 0 Å². The number of nitrogens with zero attached hydrogens (tertiary/aromatic N) is 4. The van der Waals surface area contributed by atoms with E-state index < -0.39 is 0 Å². The Labute approximate surface area is 133 Å². The fourth-order valence-corrected chi connectivity index (χ4v) is 2.88. The first-order valence-corrected chi connectivity index (χ1v) is 8.34. The molecular formula is C17H28N4O. The molecule has 0 unspecified atom stereocenters. The van der Waals surface area contributed by atoms with Gasteiger partial charge in [0.15, 0.2) is 0 Å². The first-order chi connectivity index (χ1) is 10.7. The van der Waals surface area contributed by atoms with Crippen molar-refractivity contribution in [3.63, 3.8) is 0 Å². The Hall–Kier alpha value is -1.46. The molecule has 1 aliphatic heterocycles. The molecule has 2 heterocycles. The lowest BCUT2D eigenvalue weighted by molar-refractivity contribution is -0.132. The van der Waals surface area contributed by atoms with E-state index in [0.717, 1.165) is 52.2 Å². The molecule has 1 aromatic rings. The summed E-state index contributed by atoms with van der Waals surface area (Å²) in [6.07, 6.45) is 4.78. The summed E-state index contributed by atoms with van der Waals surface area (Å²) in [6.45, 7) is 11.4. The molecule has 2 rings (SSSR count). The second-order valence-corrected chi connectivity index (χ2v) is 5.79. The number of carbonyl (C=O) groups excluding carboxylic acids is 1. The zero-order valence-electron chi connectivity index (χ0n) is 13.9. The molecule has 5 heteroatoms. The van der Waals surface area contributed by atoms with Crippen LogP contribution in [0.25, 0.3) is 0 Å². The maximum Gasteiger partial charge on any atom is 0.236 e. The van der Waals surface area contributed by atoms with E-state index in [1.165, 1.54) is 5.56 Å². The van der Waals surface area contributed by atoms with E-state index >= 15 is 0 Å². The number of carbonyl (C=O) groups is 1. The molecule has 0 saturated carbocycles. The van der Waals surface area contributed by atoms with Crippen molar-refractivity contribution < 1.29 is 4.79 Å². The van der Waals surface area contributed by atoms with Crippen LogP contribution in [0.1, 0.15) is 19.4 Å². The summed E-state index contributed by atoms with van der Waals surface area (Å²) in [7, 11) is 0. The van der Waals surface area contributed by atoms with E-state index in [9.17, 15) is 4.79 Å². The Morgan fingerprint density at radius 1 is 1.09 bits per heavy atom. The summed E-state index contributed by atoms with van der Waals surface area (Å²) >= 11 is 0. The van der Waals surface area contributed by atoms with Gasteiger partial charge in [-0.05, 0) is 38.0 Å². The van der Waals surface area contributed by atoms with Crippen LogP contribution in [-0.4, -0.2) is 77.9 Å². The highest BCUT2D eigenvalue weighted by Gasteiger charge is 2.20. The minimum atomic E-state index is 0.259. The number of likely N-dealkylation sites (N-methyl/N-ethyl adjacent to an activating group) is 1. The van der Waals surface area contributed by atoms with Crippen molar-refractivity contribution in [2.75, 3.05) is 52.4 Å². The molecular weight excluding hydrogens is 276 g/mol. The Morgan fingerprint density at radius 2 is 1.68 bits per heavy atom. The lowest BCUT2D eigenvalue weighted by Crippen LogP contribution is -2.50. The number of hydrogen-bond acceptors (Lipinski definition) is 4. The minimum Gasteiger partial charge on any atom is -0.342 e. The van der Waals surface area contributed by atoms with Gasteiger partial charge in [-0.15, -0.1) is 0 Å². The van der Waals surface area contributed by atoms with Crippen molar-refractivity contribution in [2.24, 2.45) is 0 Å². The molecule has 1 saturated heterocycles. The number of pyridine rings is 1. The summed E-state index contributed by atoms with van der Waals surface area (Å²) in [5.74, 6) is 0.259. The summed E-state index contributed by atoms with van der Waals surface area (Å²) < 4.78 is 0.